The van der Waals surface area contributed by atoms with Gasteiger partial charge in [-0.05, 0) is 49.2 Å². The molecule has 1 aliphatic rings. The maximum atomic E-state index is 12.3. The number of likely N-dealkylation sites (tertiary alicyclic amines) is 1. The van der Waals surface area contributed by atoms with Crippen LogP contribution in [0.25, 0.3) is 11.4 Å². The SMILES string of the molecule is COCc1ccc(OC)c(CN2CCCC(c3cc(=O)[nH]c(-c4cccnc4)n3)C2)c1. The molecule has 1 N–H and O–H groups in total. The molecule has 0 saturated carbocycles. The molecule has 31 heavy (non-hydrogen) atoms. The van der Waals surface area contributed by atoms with Gasteiger partial charge in [-0.15, -0.1) is 0 Å². The van der Waals surface area contributed by atoms with Gasteiger partial charge in [-0.3, -0.25) is 14.7 Å². The molecule has 0 aliphatic carbocycles. The van der Waals surface area contributed by atoms with Crippen LogP contribution in [0.1, 0.15) is 35.6 Å². The molecular formula is C24H28N4O3. The van der Waals surface area contributed by atoms with E-state index in [0.717, 1.165) is 60.6 Å². The Kier molecular flexibility index (Phi) is 6.74. The van der Waals surface area contributed by atoms with Crippen LogP contribution in [-0.4, -0.2) is 47.2 Å². The number of methoxy groups -OCH3 is 2. The first-order chi connectivity index (χ1) is 15.2. The highest BCUT2D eigenvalue weighted by molar-refractivity contribution is 5.52. The van der Waals surface area contributed by atoms with E-state index >= 15 is 0 Å². The summed E-state index contributed by atoms with van der Waals surface area (Å²) in [6.07, 6.45) is 5.50. The maximum Gasteiger partial charge on any atom is 0.251 e. The van der Waals surface area contributed by atoms with Crippen molar-refractivity contribution in [2.45, 2.75) is 31.9 Å². The van der Waals surface area contributed by atoms with E-state index < -0.39 is 0 Å². The van der Waals surface area contributed by atoms with Crippen LogP contribution in [0, 0.1) is 0 Å². The molecule has 1 aromatic carbocycles. The third kappa shape index (κ3) is 5.18. The molecule has 1 unspecified atom stereocenters. The molecule has 1 saturated heterocycles. The number of aromatic amines is 1. The molecule has 0 amide bonds. The molecule has 1 fully saturated rings. The quantitative estimate of drug-likeness (QED) is 0.631. The van der Waals surface area contributed by atoms with Crippen molar-refractivity contribution >= 4 is 0 Å². The second-order valence-electron chi connectivity index (χ2n) is 7.91. The lowest BCUT2D eigenvalue weighted by atomic mass is 9.94. The lowest BCUT2D eigenvalue weighted by Gasteiger charge is -2.33. The lowest BCUT2D eigenvalue weighted by molar-refractivity contribution is 0.183. The number of rotatable bonds is 7. The number of hydrogen-bond donors (Lipinski definition) is 1. The van der Waals surface area contributed by atoms with Crippen molar-refractivity contribution in [1.82, 2.24) is 19.9 Å². The van der Waals surface area contributed by atoms with Gasteiger partial charge < -0.3 is 14.5 Å². The van der Waals surface area contributed by atoms with E-state index in [4.69, 9.17) is 14.5 Å². The summed E-state index contributed by atoms with van der Waals surface area (Å²) in [5.41, 5.74) is 3.80. The molecule has 0 radical (unpaired) electrons. The van der Waals surface area contributed by atoms with Crippen molar-refractivity contribution in [3.8, 4) is 17.1 Å². The molecule has 1 aliphatic heterocycles. The first-order valence-corrected chi connectivity index (χ1v) is 10.5. The normalized spacial score (nSPS) is 16.9. The molecule has 7 heteroatoms. The summed E-state index contributed by atoms with van der Waals surface area (Å²) >= 11 is 0. The standard InChI is InChI=1S/C24H28N4O3/c1-30-16-17-7-8-22(31-2)20(11-17)15-28-10-4-6-19(14-28)21-12-23(29)27-24(26-21)18-5-3-9-25-13-18/h3,5,7-9,11-13,19H,4,6,10,14-16H2,1-2H3,(H,26,27,29). The zero-order valence-electron chi connectivity index (χ0n) is 18.0. The Morgan fingerprint density at radius 2 is 2.13 bits per heavy atom. The van der Waals surface area contributed by atoms with Crippen molar-refractivity contribution < 1.29 is 9.47 Å². The predicted octanol–water partition coefficient (Wildman–Crippen LogP) is 3.37. The number of nitrogens with one attached hydrogen (secondary N) is 1. The summed E-state index contributed by atoms with van der Waals surface area (Å²) in [6.45, 7) is 3.22. The van der Waals surface area contributed by atoms with Crippen LogP contribution in [0.4, 0.5) is 0 Å². The van der Waals surface area contributed by atoms with Crippen molar-refractivity contribution in [3.63, 3.8) is 0 Å². The van der Waals surface area contributed by atoms with Crippen molar-refractivity contribution in [2.24, 2.45) is 0 Å². The molecule has 1 atom stereocenters. The number of hydrogen-bond acceptors (Lipinski definition) is 6. The smallest absolute Gasteiger partial charge is 0.251 e. The highest BCUT2D eigenvalue weighted by atomic mass is 16.5. The van der Waals surface area contributed by atoms with Gasteiger partial charge in [-0.1, -0.05) is 6.07 Å². The Morgan fingerprint density at radius 1 is 1.23 bits per heavy atom. The van der Waals surface area contributed by atoms with Gasteiger partial charge in [-0.25, -0.2) is 4.98 Å². The topological polar surface area (TPSA) is 80.3 Å². The van der Waals surface area contributed by atoms with Gasteiger partial charge in [0, 0.05) is 55.7 Å². The second-order valence-corrected chi connectivity index (χ2v) is 7.91. The molecule has 7 nitrogen and oxygen atoms in total. The van der Waals surface area contributed by atoms with E-state index in [2.05, 4.69) is 20.9 Å². The summed E-state index contributed by atoms with van der Waals surface area (Å²) in [7, 11) is 3.40. The second kappa shape index (κ2) is 9.85. The number of nitrogens with zero attached hydrogens (tertiary/aromatic N) is 3. The fraction of sp³-hybridized carbons (Fsp3) is 0.375. The number of H-pyrrole nitrogens is 1. The van der Waals surface area contributed by atoms with Gasteiger partial charge in [-0.2, -0.15) is 0 Å². The molecule has 0 spiro atoms. The monoisotopic (exact) mass is 420 g/mol. The van der Waals surface area contributed by atoms with Crippen LogP contribution in [0.5, 0.6) is 5.75 Å². The van der Waals surface area contributed by atoms with Gasteiger partial charge in [0.15, 0.2) is 0 Å². The van der Waals surface area contributed by atoms with Crippen molar-refractivity contribution in [1.29, 1.82) is 0 Å². The third-order valence-corrected chi connectivity index (χ3v) is 5.67. The van der Waals surface area contributed by atoms with E-state index in [9.17, 15) is 4.79 Å². The largest absolute Gasteiger partial charge is 0.496 e. The van der Waals surface area contributed by atoms with Crippen LogP contribution in [0.3, 0.4) is 0 Å². The molecule has 2 aromatic heterocycles. The summed E-state index contributed by atoms with van der Waals surface area (Å²) < 4.78 is 10.9. The van der Waals surface area contributed by atoms with Crippen LogP contribution >= 0.6 is 0 Å². The number of pyridine rings is 1. The molecular weight excluding hydrogens is 392 g/mol. The van der Waals surface area contributed by atoms with Crippen LogP contribution < -0.4 is 10.3 Å². The first-order valence-electron chi connectivity index (χ1n) is 10.5. The zero-order chi connectivity index (χ0) is 21.6. The summed E-state index contributed by atoms with van der Waals surface area (Å²) in [4.78, 5) is 26.5. The predicted molar refractivity (Wildman–Crippen MR) is 119 cm³/mol. The molecule has 3 aromatic rings. The number of ether oxygens (including phenoxy) is 2. The van der Waals surface area contributed by atoms with Gasteiger partial charge in [0.2, 0.25) is 0 Å². The molecule has 162 valence electrons. The molecule has 3 heterocycles. The van der Waals surface area contributed by atoms with E-state index in [1.165, 1.54) is 0 Å². The average molecular weight is 421 g/mol. The Hall–Kier alpha value is -3.03. The Balaban J connectivity index is 1.54. The van der Waals surface area contributed by atoms with Gasteiger partial charge in [0.1, 0.15) is 11.6 Å². The molecule has 0 bridgehead atoms. The highest BCUT2D eigenvalue weighted by Gasteiger charge is 2.24. The summed E-state index contributed by atoms with van der Waals surface area (Å²) in [6, 6.07) is 11.6. The van der Waals surface area contributed by atoms with Crippen molar-refractivity contribution in [2.75, 3.05) is 27.3 Å². The van der Waals surface area contributed by atoms with Crippen LogP contribution in [0.2, 0.25) is 0 Å². The highest BCUT2D eigenvalue weighted by Crippen LogP contribution is 2.29. The van der Waals surface area contributed by atoms with Crippen LogP contribution in [0.15, 0.2) is 53.6 Å². The Morgan fingerprint density at radius 3 is 2.90 bits per heavy atom. The van der Waals surface area contributed by atoms with E-state index in [-0.39, 0.29) is 11.5 Å². The minimum atomic E-state index is -0.130. The maximum absolute atomic E-state index is 12.3. The Bertz CT molecular complexity index is 1070. The van der Waals surface area contributed by atoms with Crippen LogP contribution in [-0.2, 0) is 17.9 Å². The average Bonchev–Trinajstić information content (AvgIpc) is 2.80. The number of benzene rings is 1. The number of piperidine rings is 1. The van der Waals surface area contributed by atoms with Gasteiger partial charge in [0.25, 0.3) is 5.56 Å². The van der Waals surface area contributed by atoms with Gasteiger partial charge >= 0.3 is 0 Å². The fourth-order valence-electron chi connectivity index (χ4n) is 4.22. The summed E-state index contributed by atoms with van der Waals surface area (Å²) in [5.74, 6) is 1.66. The minimum Gasteiger partial charge on any atom is -0.496 e. The van der Waals surface area contributed by atoms with Crippen molar-refractivity contribution in [3.05, 3.63) is 76.0 Å². The minimum absolute atomic E-state index is 0.130. The van der Waals surface area contributed by atoms with E-state index in [1.807, 2.05) is 24.3 Å². The van der Waals surface area contributed by atoms with E-state index in [0.29, 0.717) is 12.4 Å². The van der Waals surface area contributed by atoms with E-state index in [1.54, 1.807) is 32.7 Å². The molecule has 4 rings (SSSR count). The zero-order valence-corrected chi connectivity index (χ0v) is 18.0. The summed E-state index contributed by atoms with van der Waals surface area (Å²) in [5, 5.41) is 0. The third-order valence-electron chi connectivity index (χ3n) is 5.67. The lowest BCUT2D eigenvalue weighted by Crippen LogP contribution is -2.34. The fourth-order valence-corrected chi connectivity index (χ4v) is 4.22. The number of aromatic nitrogens is 3. The Labute approximate surface area is 182 Å². The first kappa shape index (κ1) is 21.2. The van der Waals surface area contributed by atoms with Gasteiger partial charge in [0.05, 0.1) is 19.4 Å².